The molecular weight excluding hydrogens is 370 g/mol. The molecule has 1 atom stereocenters. The van der Waals surface area contributed by atoms with Gasteiger partial charge < -0.3 is 15.5 Å². The summed E-state index contributed by atoms with van der Waals surface area (Å²) < 4.78 is 1.14. The Bertz CT molecular complexity index is 797. The molecule has 1 aromatic carbocycles. The van der Waals surface area contributed by atoms with Crippen LogP contribution in [0.15, 0.2) is 24.3 Å². The first-order chi connectivity index (χ1) is 11.9. The number of hydrogen-bond donors (Lipinski definition) is 1. The van der Waals surface area contributed by atoms with E-state index in [9.17, 15) is 9.59 Å². The first-order valence-electron chi connectivity index (χ1n) is 8.72. The van der Waals surface area contributed by atoms with Crippen molar-refractivity contribution in [1.29, 1.82) is 0 Å². The average molecular weight is 396 g/mol. The van der Waals surface area contributed by atoms with Crippen LogP contribution in [0.4, 0.5) is 0 Å². The van der Waals surface area contributed by atoms with Crippen molar-refractivity contribution in [2.24, 2.45) is 11.7 Å². The number of piperazine rings is 1. The van der Waals surface area contributed by atoms with E-state index in [1.807, 2.05) is 43.9 Å². The van der Waals surface area contributed by atoms with Gasteiger partial charge in [0.15, 0.2) is 0 Å². The maximum atomic E-state index is 12.9. The van der Waals surface area contributed by atoms with Crippen molar-refractivity contribution in [3.8, 4) is 0 Å². The van der Waals surface area contributed by atoms with Crippen molar-refractivity contribution in [3.05, 3.63) is 34.7 Å². The number of carbonyl (C=O) groups is 2. The van der Waals surface area contributed by atoms with Gasteiger partial charge in [-0.15, -0.1) is 23.7 Å². The number of halogens is 1. The first kappa shape index (κ1) is 20.7. The summed E-state index contributed by atoms with van der Waals surface area (Å²) in [7, 11) is 0. The van der Waals surface area contributed by atoms with E-state index in [2.05, 4.69) is 6.07 Å². The van der Waals surface area contributed by atoms with Crippen molar-refractivity contribution < 1.29 is 9.59 Å². The standard InChI is InChI=1S/C19H25N3O2S.ClH/c1-12(2)16(20)18(23)21-8-10-22(11-9-21)19(24)17-13(3)14-6-4-5-7-15(14)25-17;/h4-7,12,16H,8-11,20H2,1-3H3;1H/t16-;/m0./s1. The van der Waals surface area contributed by atoms with E-state index in [4.69, 9.17) is 5.73 Å². The molecule has 1 aromatic heterocycles. The van der Waals surface area contributed by atoms with Crippen LogP contribution in [0.3, 0.4) is 0 Å². The molecular formula is C19H26ClN3O2S. The Balaban J connectivity index is 0.00000243. The lowest BCUT2D eigenvalue weighted by atomic mass is 10.0. The first-order valence-corrected chi connectivity index (χ1v) is 9.53. The Labute approximate surface area is 164 Å². The highest BCUT2D eigenvalue weighted by Gasteiger charge is 2.29. The lowest BCUT2D eigenvalue weighted by Gasteiger charge is -2.36. The predicted molar refractivity (Wildman–Crippen MR) is 109 cm³/mol. The van der Waals surface area contributed by atoms with Gasteiger partial charge in [-0.3, -0.25) is 9.59 Å². The summed E-state index contributed by atoms with van der Waals surface area (Å²) in [5.41, 5.74) is 7.02. The summed E-state index contributed by atoms with van der Waals surface area (Å²) in [5, 5.41) is 1.15. The van der Waals surface area contributed by atoms with Crippen LogP contribution in [0.25, 0.3) is 10.1 Å². The maximum absolute atomic E-state index is 12.9. The fourth-order valence-electron chi connectivity index (χ4n) is 3.15. The van der Waals surface area contributed by atoms with Gasteiger partial charge in [0.05, 0.1) is 10.9 Å². The zero-order valence-electron chi connectivity index (χ0n) is 15.4. The smallest absolute Gasteiger partial charge is 0.264 e. The summed E-state index contributed by atoms with van der Waals surface area (Å²) in [4.78, 5) is 29.7. The number of thiophene rings is 1. The van der Waals surface area contributed by atoms with Crippen LogP contribution in [0.5, 0.6) is 0 Å². The number of nitrogens with zero attached hydrogens (tertiary/aromatic N) is 2. The third kappa shape index (κ3) is 3.87. The molecule has 1 saturated heterocycles. The number of nitrogens with two attached hydrogens (primary N) is 1. The number of fused-ring (bicyclic) bond motifs is 1. The molecule has 0 bridgehead atoms. The normalized spacial score (nSPS) is 15.9. The van der Waals surface area contributed by atoms with Crippen molar-refractivity contribution in [2.45, 2.75) is 26.8 Å². The van der Waals surface area contributed by atoms with Crippen molar-refractivity contribution in [3.63, 3.8) is 0 Å². The fraction of sp³-hybridized carbons (Fsp3) is 0.474. The highest BCUT2D eigenvalue weighted by atomic mass is 35.5. The number of benzene rings is 1. The molecule has 5 nitrogen and oxygen atoms in total. The van der Waals surface area contributed by atoms with Crippen LogP contribution in [0, 0.1) is 12.8 Å². The molecule has 2 N–H and O–H groups in total. The lowest BCUT2D eigenvalue weighted by Crippen LogP contribution is -2.55. The van der Waals surface area contributed by atoms with Gasteiger partial charge in [-0.1, -0.05) is 32.0 Å². The highest BCUT2D eigenvalue weighted by Crippen LogP contribution is 2.31. The Kier molecular flexibility index (Phi) is 6.66. The number of rotatable bonds is 3. The van der Waals surface area contributed by atoms with Crippen LogP contribution in [0.2, 0.25) is 0 Å². The van der Waals surface area contributed by atoms with Crippen LogP contribution in [0.1, 0.15) is 29.1 Å². The predicted octanol–water partition coefficient (Wildman–Crippen LogP) is 2.90. The molecule has 2 amide bonds. The van der Waals surface area contributed by atoms with Crippen LogP contribution >= 0.6 is 23.7 Å². The molecule has 1 aliphatic rings. The fourth-order valence-corrected chi connectivity index (χ4v) is 4.32. The van der Waals surface area contributed by atoms with E-state index in [0.717, 1.165) is 20.5 Å². The maximum Gasteiger partial charge on any atom is 0.264 e. The molecule has 0 saturated carbocycles. The molecule has 142 valence electrons. The Hall–Kier alpha value is -1.63. The lowest BCUT2D eigenvalue weighted by molar-refractivity contribution is -0.135. The van der Waals surface area contributed by atoms with Crippen LogP contribution in [-0.2, 0) is 4.79 Å². The Morgan fingerprint density at radius 2 is 1.65 bits per heavy atom. The zero-order chi connectivity index (χ0) is 18.1. The minimum Gasteiger partial charge on any atom is -0.338 e. The highest BCUT2D eigenvalue weighted by molar-refractivity contribution is 7.21. The van der Waals surface area contributed by atoms with Gasteiger partial charge in [0.2, 0.25) is 5.91 Å². The molecule has 0 aliphatic carbocycles. The number of hydrogen-bond acceptors (Lipinski definition) is 4. The zero-order valence-corrected chi connectivity index (χ0v) is 17.0. The summed E-state index contributed by atoms with van der Waals surface area (Å²) in [6.07, 6.45) is 0. The third-order valence-corrected chi connectivity index (χ3v) is 6.18. The quantitative estimate of drug-likeness (QED) is 0.868. The minimum atomic E-state index is -0.466. The van der Waals surface area contributed by atoms with E-state index in [-0.39, 0.29) is 30.1 Å². The van der Waals surface area contributed by atoms with Crippen LogP contribution < -0.4 is 5.73 Å². The topological polar surface area (TPSA) is 66.6 Å². The second-order valence-corrected chi connectivity index (χ2v) is 7.99. The number of amides is 2. The molecule has 1 fully saturated rings. The molecule has 0 radical (unpaired) electrons. The van der Waals surface area contributed by atoms with Gasteiger partial charge >= 0.3 is 0 Å². The van der Waals surface area contributed by atoms with Gasteiger partial charge in [0.1, 0.15) is 0 Å². The van der Waals surface area contributed by atoms with Gasteiger partial charge in [-0.2, -0.15) is 0 Å². The summed E-state index contributed by atoms with van der Waals surface area (Å²) >= 11 is 1.55. The summed E-state index contributed by atoms with van der Waals surface area (Å²) in [6, 6.07) is 7.63. The Morgan fingerprint density at radius 1 is 1.08 bits per heavy atom. The molecule has 0 unspecified atom stereocenters. The van der Waals surface area contributed by atoms with Crippen molar-refractivity contribution in [1.82, 2.24) is 9.80 Å². The Morgan fingerprint density at radius 3 is 2.23 bits per heavy atom. The van der Waals surface area contributed by atoms with E-state index in [1.165, 1.54) is 0 Å². The number of carbonyl (C=O) groups excluding carboxylic acids is 2. The SMILES string of the molecule is Cc1c(C(=O)N2CCN(C(=O)[C@@H](N)C(C)C)CC2)sc2ccccc12.Cl. The molecule has 26 heavy (non-hydrogen) atoms. The molecule has 7 heteroatoms. The van der Waals surface area contributed by atoms with E-state index < -0.39 is 6.04 Å². The number of aryl methyl sites for hydroxylation is 1. The monoisotopic (exact) mass is 395 g/mol. The second-order valence-electron chi connectivity index (χ2n) is 6.94. The average Bonchev–Trinajstić information content (AvgIpc) is 2.97. The van der Waals surface area contributed by atoms with Crippen LogP contribution in [-0.4, -0.2) is 53.8 Å². The van der Waals surface area contributed by atoms with Gasteiger partial charge in [-0.25, -0.2) is 0 Å². The second kappa shape index (κ2) is 8.37. The molecule has 1 aliphatic heterocycles. The molecule has 3 rings (SSSR count). The third-order valence-electron chi connectivity index (χ3n) is 4.92. The largest absolute Gasteiger partial charge is 0.338 e. The minimum absolute atomic E-state index is 0. The van der Waals surface area contributed by atoms with Gasteiger partial charge in [0, 0.05) is 30.9 Å². The molecule has 2 aromatic rings. The van der Waals surface area contributed by atoms with E-state index >= 15 is 0 Å². The van der Waals surface area contributed by atoms with Crippen molar-refractivity contribution >= 4 is 45.6 Å². The van der Waals surface area contributed by atoms with Gasteiger partial charge in [0.25, 0.3) is 5.91 Å². The van der Waals surface area contributed by atoms with E-state index in [0.29, 0.717) is 26.2 Å². The van der Waals surface area contributed by atoms with Gasteiger partial charge in [-0.05, 0) is 29.9 Å². The van der Waals surface area contributed by atoms with E-state index in [1.54, 1.807) is 16.2 Å². The summed E-state index contributed by atoms with van der Waals surface area (Å²) in [6.45, 7) is 8.13. The molecule has 0 spiro atoms. The van der Waals surface area contributed by atoms with Crippen molar-refractivity contribution in [2.75, 3.05) is 26.2 Å². The molecule has 2 heterocycles. The summed E-state index contributed by atoms with van der Waals surface area (Å²) in [5.74, 6) is 0.174.